The zero-order valence-electron chi connectivity index (χ0n) is 12.2. The Morgan fingerprint density at radius 1 is 1.43 bits per heavy atom. The lowest BCUT2D eigenvalue weighted by molar-refractivity contribution is -0.139. The van der Waals surface area contributed by atoms with Gasteiger partial charge in [0.1, 0.15) is 0 Å². The lowest BCUT2D eigenvalue weighted by Crippen LogP contribution is -2.18. The lowest BCUT2D eigenvalue weighted by atomic mass is 9.80. The summed E-state index contributed by atoms with van der Waals surface area (Å²) in [4.78, 5) is 11.6. The van der Waals surface area contributed by atoms with E-state index in [1.54, 1.807) is 0 Å². The molecule has 0 saturated carbocycles. The molecule has 0 amide bonds. The van der Waals surface area contributed by atoms with Gasteiger partial charge in [0.25, 0.3) is 0 Å². The Bertz CT molecular complexity index is 506. The van der Waals surface area contributed by atoms with Crippen molar-refractivity contribution in [2.75, 3.05) is 7.05 Å². The number of fused-ring (bicyclic) bond motifs is 1. The highest BCUT2D eigenvalue weighted by atomic mass is 16.4. The average molecular weight is 291 g/mol. The Morgan fingerprint density at radius 3 is 2.81 bits per heavy atom. The minimum absolute atomic E-state index is 0.0363. The van der Waals surface area contributed by atoms with Gasteiger partial charge in [-0.2, -0.15) is 0 Å². The highest BCUT2D eigenvalue weighted by Crippen LogP contribution is 2.42. The zero-order chi connectivity index (χ0) is 15.4. The predicted molar refractivity (Wildman–Crippen MR) is 81.0 cm³/mol. The normalized spacial score (nSPS) is 20.3. The molecule has 0 fully saturated rings. The van der Waals surface area contributed by atoms with Gasteiger partial charge >= 0.3 is 13.1 Å². The first-order chi connectivity index (χ1) is 10.0. The predicted octanol–water partition coefficient (Wildman–Crippen LogP) is 0.999. The number of carboxylic acid groups (broad SMARTS) is 1. The van der Waals surface area contributed by atoms with Crippen molar-refractivity contribution in [2.45, 2.75) is 38.0 Å². The van der Waals surface area contributed by atoms with E-state index in [1.807, 2.05) is 25.2 Å². The summed E-state index contributed by atoms with van der Waals surface area (Å²) in [5, 5.41) is 30.5. The van der Waals surface area contributed by atoms with Gasteiger partial charge in [0.15, 0.2) is 0 Å². The Kier molecular flexibility index (Phi) is 5.39. The number of rotatable bonds is 7. The van der Waals surface area contributed by atoms with E-state index in [2.05, 4.69) is 5.32 Å². The summed E-state index contributed by atoms with van der Waals surface area (Å²) >= 11 is 0. The minimum atomic E-state index is -1.31. The van der Waals surface area contributed by atoms with E-state index >= 15 is 0 Å². The molecule has 1 aromatic carbocycles. The molecule has 2 atom stereocenters. The maximum absolute atomic E-state index is 11.6. The smallest absolute Gasteiger partial charge is 0.451 e. The number of carbonyl (C=O) groups is 1. The largest absolute Gasteiger partial charge is 0.481 e. The van der Waals surface area contributed by atoms with E-state index in [9.17, 15) is 9.90 Å². The van der Waals surface area contributed by atoms with E-state index < -0.39 is 19.0 Å². The van der Waals surface area contributed by atoms with Crippen molar-refractivity contribution in [3.8, 4) is 0 Å². The Morgan fingerprint density at radius 2 is 2.19 bits per heavy atom. The molecule has 114 valence electrons. The highest BCUT2D eigenvalue weighted by Gasteiger charge is 2.38. The Labute approximate surface area is 125 Å². The molecule has 0 heterocycles. The molecule has 0 aromatic heterocycles. The van der Waals surface area contributed by atoms with Crippen LogP contribution in [-0.2, 0) is 17.8 Å². The van der Waals surface area contributed by atoms with Gasteiger partial charge < -0.3 is 20.5 Å². The monoisotopic (exact) mass is 291 g/mol. The maximum atomic E-state index is 11.6. The molecule has 5 nitrogen and oxygen atoms in total. The summed E-state index contributed by atoms with van der Waals surface area (Å²) in [6, 6.07) is 5.86. The van der Waals surface area contributed by atoms with Crippen LogP contribution in [0.5, 0.6) is 0 Å². The van der Waals surface area contributed by atoms with Gasteiger partial charge in [0.05, 0.1) is 5.92 Å². The second-order valence-electron chi connectivity index (χ2n) is 5.71. The van der Waals surface area contributed by atoms with Gasteiger partial charge in [-0.25, -0.2) is 0 Å². The first kappa shape index (κ1) is 16.0. The van der Waals surface area contributed by atoms with Crippen LogP contribution in [0.2, 0.25) is 6.32 Å². The van der Waals surface area contributed by atoms with Crippen LogP contribution < -0.4 is 5.32 Å². The van der Waals surface area contributed by atoms with E-state index in [0.29, 0.717) is 19.2 Å². The van der Waals surface area contributed by atoms with Gasteiger partial charge in [0.2, 0.25) is 0 Å². The second kappa shape index (κ2) is 7.07. The van der Waals surface area contributed by atoms with Crippen molar-refractivity contribution in [3.05, 3.63) is 34.9 Å². The lowest BCUT2D eigenvalue weighted by Gasteiger charge is -2.16. The first-order valence-electron chi connectivity index (χ1n) is 7.38. The van der Waals surface area contributed by atoms with Crippen molar-refractivity contribution in [1.29, 1.82) is 0 Å². The van der Waals surface area contributed by atoms with Crippen molar-refractivity contribution in [3.63, 3.8) is 0 Å². The van der Waals surface area contributed by atoms with Gasteiger partial charge in [-0.15, -0.1) is 0 Å². The van der Waals surface area contributed by atoms with Crippen LogP contribution in [0.25, 0.3) is 0 Å². The molecule has 0 aliphatic heterocycles. The third-order valence-electron chi connectivity index (χ3n) is 4.25. The summed E-state index contributed by atoms with van der Waals surface area (Å²) < 4.78 is 0. The minimum Gasteiger partial charge on any atom is -0.481 e. The Hall–Kier alpha value is -1.37. The number of hydrogen-bond donors (Lipinski definition) is 4. The van der Waals surface area contributed by atoms with E-state index in [1.165, 1.54) is 0 Å². The van der Waals surface area contributed by atoms with Crippen molar-refractivity contribution < 1.29 is 19.9 Å². The van der Waals surface area contributed by atoms with Crippen LogP contribution in [0.15, 0.2) is 18.2 Å². The van der Waals surface area contributed by atoms with Gasteiger partial charge in [0, 0.05) is 6.54 Å². The molecule has 6 heteroatoms. The number of aliphatic carboxylic acids is 1. The van der Waals surface area contributed by atoms with Crippen LogP contribution in [-0.4, -0.2) is 35.3 Å². The molecule has 21 heavy (non-hydrogen) atoms. The number of nitrogens with one attached hydrogen (secondary N) is 1. The SMILES string of the molecule is CNCc1cccc2c1CC(CCCB(O)O)C2C(=O)O. The van der Waals surface area contributed by atoms with Gasteiger partial charge in [-0.3, -0.25) is 4.79 Å². The summed E-state index contributed by atoms with van der Waals surface area (Å²) in [5.74, 6) is -1.23. The quantitative estimate of drug-likeness (QED) is 0.563. The van der Waals surface area contributed by atoms with Crippen LogP contribution in [0.3, 0.4) is 0 Å². The fourth-order valence-corrected chi connectivity index (χ4v) is 3.35. The van der Waals surface area contributed by atoms with E-state index in [4.69, 9.17) is 10.0 Å². The second-order valence-corrected chi connectivity index (χ2v) is 5.71. The summed E-state index contributed by atoms with van der Waals surface area (Å²) in [6.07, 6.45) is 2.37. The first-order valence-corrected chi connectivity index (χ1v) is 7.38. The van der Waals surface area contributed by atoms with Crippen molar-refractivity contribution in [1.82, 2.24) is 5.32 Å². The molecule has 0 radical (unpaired) electrons. The third-order valence-corrected chi connectivity index (χ3v) is 4.25. The molecule has 0 spiro atoms. The molecule has 1 aromatic rings. The van der Waals surface area contributed by atoms with Crippen LogP contribution in [0, 0.1) is 5.92 Å². The Balaban J connectivity index is 2.18. The third kappa shape index (κ3) is 3.64. The molecule has 2 rings (SSSR count). The molecule has 4 N–H and O–H groups in total. The molecule has 2 unspecified atom stereocenters. The number of hydrogen-bond acceptors (Lipinski definition) is 4. The number of benzene rings is 1. The molecule has 0 bridgehead atoms. The summed E-state index contributed by atoms with van der Waals surface area (Å²) in [6.45, 7) is 0.734. The number of carboxylic acids is 1. The van der Waals surface area contributed by atoms with Crippen LogP contribution in [0.1, 0.15) is 35.4 Å². The topological polar surface area (TPSA) is 89.8 Å². The maximum Gasteiger partial charge on any atom is 0.451 e. The van der Waals surface area contributed by atoms with Gasteiger partial charge in [-0.05, 0) is 48.8 Å². The average Bonchev–Trinajstić information content (AvgIpc) is 2.78. The fraction of sp³-hybridized carbons (Fsp3) is 0.533. The van der Waals surface area contributed by atoms with Crippen LogP contribution >= 0.6 is 0 Å². The molecular weight excluding hydrogens is 269 g/mol. The van der Waals surface area contributed by atoms with Gasteiger partial charge in [-0.1, -0.05) is 24.6 Å². The van der Waals surface area contributed by atoms with Crippen molar-refractivity contribution >= 4 is 13.1 Å². The van der Waals surface area contributed by atoms with E-state index in [0.717, 1.165) is 29.7 Å². The van der Waals surface area contributed by atoms with E-state index in [-0.39, 0.29) is 5.92 Å². The van der Waals surface area contributed by atoms with Crippen molar-refractivity contribution in [2.24, 2.45) is 5.92 Å². The summed E-state index contributed by atoms with van der Waals surface area (Å²) in [5.41, 5.74) is 3.23. The van der Waals surface area contributed by atoms with Crippen LogP contribution in [0.4, 0.5) is 0 Å². The summed E-state index contributed by atoms with van der Waals surface area (Å²) in [7, 11) is 0.570. The highest BCUT2D eigenvalue weighted by molar-refractivity contribution is 6.40. The standard InChI is InChI=1S/C15H22BNO4/c1-17-9-11-4-2-6-12-13(11)8-10(14(12)15(18)19)5-3-7-16(20)21/h2,4,6,10,14,17,20-21H,3,5,7-9H2,1H3,(H,18,19). The molecular formula is C15H22BNO4. The molecule has 0 saturated heterocycles. The fourth-order valence-electron chi connectivity index (χ4n) is 3.35. The molecule has 1 aliphatic rings. The zero-order valence-corrected chi connectivity index (χ0v) is 12.2. The molecule has 1 aliphatic carbocycles.